The normalized spacial score (nSPS) is 10.5. The average molecular weight is 305 g/mol. The van der Waals surface area contributed by atoms with Gasteiger partial charge >= 0.3 is 0 Å². The topological polar surface area (TPSA) is 64.1 Å². The quantitative estimate of drug-likeness (QED) is 0.760. The van der Waals surface area contributed by atoms with Crippen LogP contribution in [-0.2, 0) is 16.0 Å². The highest BCUT2D eigenvalue weighted by molar-refractivity contribution is 7.09. The number of methoxy groups -OCH3 is 1. The van der Waals surface area contributed by atoms with Crippen LogP contribution in [0.1, 0.15) is 17.8 Å². The fourth-order valence-electron chi connectivity index (χ4n) is 1.81. The molecule has 0 saturated carbocycles. The highest BCUT2D eigenvalue weighted by atomic mass is 32.1. The third kappa shape index (κ3) is 5.24. The second-order valence-electron chi connectivity index (χ2n) is 4.54. The van der Waals surface area contributed by atoms with Crippen LogP contribution in [0.3, 0.4) is 0 Å². The molecule has 0 unspecified atom stereocenters. The third-order valence-corrected chi connectivity index (χ3v) is 3.80. The molecule has 5 nitrogen and oxygen atoms in total. The molecule has 2 aromatic heterocycles. The Labute approximate surface area is 128 Å². The Balaban J connectivity index is 1.77. The van der Waals surface area contributed by atoms with Crippen LogP contribution >= 0.6 is 11.3 Å². The van der Waals surface area contributed by atoms with Gasteiger partial charge in [0, 0.05) is 44.7 Å². The van der Waals surface area contributed by atoms with Crippen molar-refractivity contribution in [2.24, 2.45) is 0 Å². The number of aromatic nitrogens is 2. The molecule has 2 heterocycles. The van der Waals surface area contributed by atoms with E-state index in [4.69, 9.17) is 4.74 Å². The molecule has 0 aromatic carbocycles. The number of carbonyl (C=O) groups is 1. The molecule has 0 spiro atoms. The first-order valence-electron chi connectivity index (χ1n) is 6.91. The van der Waals surface area contributed by atoms with Crippen LogP contribution in [0, 0.1) is 0 Å². The summed E-state index contributed by atoms with van der Waals surface area (Å²) in [5, 5.41) is 5.81. The van der Waals surface area contributed by atoms with Crippen LogP contribution in [0.5, 0.6) is 0 Å². The van der Waals surface area contributed by atoms with E-state index in [1.54, 1.807) is 24.6 Å². The molecular weight excluding hydrogens is 286 g/mol. The summed E-state index contributed by atoms with van der Waals surface area (Å²) in [5.41, 5.74) is 1.74. The Bertz CT molecular complexity index is 557. The maximum atomic E-state index is 11.7. The Morgan fingerprint density at radius 1 is 1.38 bits per heavy atom. The fraction of sp³-hybridized carbons (Fsp3) is 0.400. The maximum Gasteiger partial charge on any atom is 0.220 e. The second-order valence-corrected chi connectivity index (χ2v) is 5.48. The van der Waals surface area contributed by atoms with Crippen molar-refractivity contribution in [1.29, 1.82) is 0 Å². The maximum absolute atomic E-state index is 11.7. The summed E-state index contributed by atoms with van der Waals surface area (Å²) in [7, 11) is 1.66. The average Bonchev–Trinajstić information content (AvgIpc) is 2.99. The minimum atomic E-state index is 0.0562. The summed E-state index contributed by atoms with van der Waals surface area (Å²) < 4.78 is 4.93. The number of amides is 1. The van der Waals surface area contributed by atoms with Gasteiger partial charge in [-0.15, -0.1) is 11.3 Å². The molecule has 0 saturated heterocycles. The molecule has 0 radical (unpaired) electrons. The van der Waals surface area contributed by atoms with E-state index in [0.717, 1.165) is 22.8 Å². The lowest BCUT2D eigenvalue weighted by molar-refractivity contribution is -0.121. The monoisotopic (exact) mass is 305 g/mol. The zero-order valence-electron chi connectivity index (χ0n) is 12.0. The lowest BCUT2D eigenvalue weighted by Gasteiger charge is -2.03. The van der Waals surface area contributed by atoms with E-state index in [-0.39, 0.29) is 5.91 Å². The van der Waals surface area contributed by atoms with Crippen molar-refractivity contribution < 1.29 is 9.53 Å². The molecule has 2 aromatic rings. The van der Waals surface area contributed by atoms with Gasteiger partial charge in [-0.05, 0) is 18.6 Å². The lowest BCUT2D eigenvalue weighted by Crippen LogP contribution is -2.25. The molecule has 1 amide bonds. The van der Waals surface area contributed by atoms with Gasteiger partial charge < -0.3 is 10.1 Å². The molecule has 21 heavy (non-hydrogen) atoms. The van der Waals surface area contributed by atoms with Crippen LogP contribution in [0.15, 0.2) is 29.8 Å². The van der Waals surface area contributed by atoms with Gasteiger partial charge in [-0.1, -0.05) is 6.07 Å². The van der Waals surface area contributed by atoms with Gasteiger partial charge in [0.05, 0.1) is 16.4 Å². The summed E-state index contributed by atoms with van der Waals surface area (Å²) in [6.45, 7) is 1.32. The first-order valence-corrected chi connectivity index (χ1v) is 7.79. The first-order chi connectivity index (χ1) is 10.3. The van der Waals surface area contributed by atoms with E-state index in [2.05, 4.69) is 15.3 Å². The Kier molecular flexibility index (Phi) is 6.30. The zero-order chi connectivity index (χ0) is 14.9. The van der Waals surface area contributed by atoms with E-state index in [1.807, 2.05) is 23.6 Å². The van der Waals surface area contributed by atoms with Crippen molar-refractivity contribution in [1.82, 2.24) is 15.3 Å². The highest BCUT2D eigenvalue weighted by Gasteiger charge is 2.07. The van der Waals surface area contributed by atoms with Crippen molar-refractivity contribution in [3.05, 3.63) is 34.8 Å². The predicted octanol–water partition coefficient (Wildman–Crippen LogP) is 2.29. The van der Waals surface area contributed by atoms with Crippen molar-refractivity contribution in [2.75, 3.05) is 20.3 Å². The van der Waals surface area contributed by atoms with Crippen LogP contribution < -0.4 is 5.32 Å². The molecule has 0 aliphatic heterocycles. The largest absolute Gasteiger partial charge is 0.385 e. The van der Waals surface area contributed by atoms with Crippen molar-refractivity contribution in [2.45, 2.75) is 19.3 Å². The third-order valence-electron chi connectivity index (χ3n) is 2.89. The molecule has 112 valence electrons. The van der Waals surface area contributed by atoms with Crippen LogP contribution in [0.4, 0.5) is 0 Å². The van der Waals surface area contributed by atoms with E-state index >= 15 is 0 Å². The summed E-state index contributed by atoms with van der Waals surface area (Å²) in [6, 6.07) is 5.75. The summed E-state index contributed by atoms with van der Waals surface area (Å²) in [6.07, 6.45) is 3.71. The summed E-state index contributed by atoms with van der Waals surface area (Å²) in [5.74, 6) is 0.0562. The SMILES string of the molecule is COCCCNC(=O)CCc1nc(-c2ccccn2)cs1. The minimum Gasteiger partial charge on any atom is -0.385 e. The number of nitrogens with zero attached hydrogens (tertiary/aromatic N) is 2. The standard InChI is InChI=1S/C15H19N3O2S/c1-20-10-4-9-17-14(19)6-7-15-18-13(11-21-15)12-5-2-3-8-16-12/h2-3,5,8,11H,4,6-7,9-10H2,1H3,(H,17,19). The number of aryl methyl sites for hydroxylation is 1. The van der Waals surface area contributed by atoms with Gasteiger partial charge in [-0.3, -0.25) is 9.78 Å². The zero-order valence-corrected chi connectivity index (χ0v) is 12.9. The number of ether oxygens (including phenoxy) is 1. The van der Waals surface area contributed by atoms with Crippen molar-refractivity contribution >= 4 is 17.2 Å². The molecule has 0 aliphatic rings. The van der Waals surface area contributed by atoms with Gasteiger partial charge in [0.1, 0.15) is 0 Å². The van der Waals surface area contributed by atoms with E-state index < -0.39 is 0 Å². The van der Waals surface area contributed by atoms with E-state index in [1.165, 1.54) is 0 Å². The molecular formula is C15H19N3O2S. The van der Waals surface area contributed by atoms with Gasteiger partial charge in [-0.25, -0.2) is 4.98 Å². The lowest BCUT2D eigenvalue weighted by atomic mass is 10.3. The molecule has 0 bridgehead atoms. The fourth-order valence-corrected chi connectivity index (χ4v) is 2.60. The molecule has 0 aliphatic carbocycles. The Morgan fingerprint density at radius 2 is 2.29 bits per heavy atom. The number of carbonyl (C=O) groups excluding carboxylic acids is 1. The van der Waals surface area contributed by atoms with Crippen LogP contribution in [-0.4, -0.2) is 36.1 Å². The van der Waals surface area contributed by atoms with E-state index in [9.17, 15) is 4.79 Å². The van der Waals surface area contributed by atoms with Crippen LogP contribution in [0.25, 0.3) is 11.4 Å². The number of hydrogen-bond acceptors (Lipinski definition) is 5. The summed E-state index contributed by atoms with van der Waals surface area (Å²) >= 11 is 1.57. The Morgan fingerprint density at radius 3 is 3.05 bits per heavy atom. The number of thiazole rings is 1. The number of hydrogen-bond donors (Lipinski definition) is 1. The second kappa shape index (κ2) is 8.49. The molecule has 0 atom stereocenters. The van der Waals surface area contributed by atoms with Gasteiger partial charge in [0.2, 0.25) is 5.91 Å². The highest BCUT2D eigenvalue weighted by Crippen LogP contribution is 2.20. The van der Waals surface area contributed by atoms with Gasteiger partial charge in [-0.2, -0.15) is 0 Å². The molecule has 0 fully saturated rings. The predicted molar refractivity (Wildman–Crippen MR) is 83.2 cm³/mol. The Hall–Kier alpha value is -1.79. The molecule has 1 N–H and O–H groups in total. The van der Waals surface area contributed by atoms with Crippen molar-refractivity contribution in [3.63, 3.8) is 0 Å². The van der Waals surface area contributed by atoms with E-state index in [0.29, 0.717) is 26.0 Å². The summed E-state index contributed by atoms with van der Waals surface area (Å²) in [4.78, 5) is 20.5. The van der Waals surface area contributed by atoms with Gasteiger partial charge in [0.15, 0.2) is 0 Å². The molecule has 6 heteroatoms. The van der Waals surface area contributed by atoms with Crippen LogP contribution in [0.2, 0.25) is 0 Å². The number of nitrogens with one attached hydrogen (secondary N) is 1. The number of rotatable bonds is 8. The first kappa shape index (κ1) is 15.6. The van der Waals surface area contributed by atoms with Gasteiger partial charge in [0.25, 0.3) is 0 Å². The van der Waals surface area contributed by atoms with Crippen molar-refractivity contribution in [3.8, 4) is 11.4 Å². The molecule has 2 rings (SSSR count). The smallest absolute Gasteiger partial charge is 0.220 e. The minimum absolute atomic E-state index is 0.0562. The number of pyridine rings is 1.